The van der Waals surface area contributed by atoms with Crippen molar-refractivity contribution in [3.05, 3.63) is 32.7 Å². The molecule has 2 nitrogen and oxygen atoms in total. The molecular weight excluding hydrogens is 344 g/mol. The molecule has 1 heterocycles. The number of benzene rings is 1. The predicted octanol–water partition coefficient (Wildman–Crippen LogP) is 3.69. The van der Waals surface area contributed by atoms with Crippen LogP contribution in [0.2, 0.25) is 0 Å². The average Bonchev–Trinajstić information content (AvgIpc) is 2.64. The summed E-state index contributed by atoms with van der Waals surface area (Å²) in [5.41, 5.74) is 7.56. The van der Waals surface area contributed by atoms with Crippen LogP contribution in [-0.2, 0) is 0 Å². The third-order valence-corrected chi connectivity index (χ3v) is 5.31. The van der Waals surface area contributed by atoms with Gasteiger partial charge in [-0.2, -0.15) is 0 Å². The second-order valence-electron chi connectivity index (χ2n) is 4.90. The lowest BCUT2D eigenvalue weighted by molar-refractivity contribution is 0.198. The van der Waals surface area contributed by atoms with Crippen molar-refractivity contribution in [2.24, 2.45) is 5.73 Å². The van der Waals surface area contributed by atoms with Crippen molar-refractivity contribution < 1.29 is 0 Å². The quantitative estimate of drug-likeness (QED) is 0.870. The van der Waals surface area contributed by atoms with Crippen molar-refractivity contribution in [3.63, 3.8) is 0 Å². The van der Waals surface area contributed by atoms with Crippen LogP contribution in [0.4, 0.5) is 0 Å². The van der Waals surface area contributed by atoms with Gasteiger partial charge in [-0.25, -0.2) is 0 Å². The Morgan fingerprint density at radius 3 is 2.59 bits per heavy atom. The Morgan fingerprint density at radius 2 is 2.00 bits per heavy atom. The van der Waals surface area contributed by atoms with Crippen LogP contribution in [0.1, 0.15) is 31.9 Å². The molecule has 2 atom stereocenters. The smallest absolute Gasteiger partial charge is 0.0502 e. The van der Waals surface area contributed by atoms with E-state index >= 15 is 0 Å². The van der Waals surface area contributed by atoms with Crippen molar-refractivity contribution in [2.75, 3.05) is 6.54 Å². The summed E-state index contributed by atoms with van der Waals surface area (Å²) in [6, 6.07) is 7.55. The first-order chi connectivity index (χ1) is 8.00. The van der Waals surface area contributed by atoms with Gasteiger partial charge in [0.15, 0.2) is 0 Å². The van der Waals surface area contributed by atoms with Crippen LogP contribution in [0.5, 0.6) is 0 Å². The van der Waals surface area contributed by atoms with Crippen LogP contribution in [-0.4, -0.2) is 23.5 Å². The van der Waals surface area contributed by atoms with E-state index in [9.17, 15) is 0 Å². The third kappa shape index (κ3) is 2.75. The van der Waals surface area contributed by atoms with E-state index in [2.05, 4.69) is 68.8 Å². The SMILES string of the molecule is CC(C)N1CCC(N)C1c1ccc(Br)c(Br)c1. The summed E-state index contributed by atoms with van der Waals surface area (Å²) in [6.45, 7) is 5.56. The zero-order chi connectivity index (χ0) is 12.6. The molecule has 2 rings (SSSR count). The highest BCUT2D eigenvalue weighted by Gasteiger charge is 2.34. The molecule has 0 bridgehead atoms. The average molecular weight is 362 g/mol. The summed E-state index contributed by atoms with van der Waals surface area (Å²) in [6.07, 6.45) is 1.08. The van der Waals surface area contributed by atoms with Gasteiger partial charge in [0, 0.05) is 27.6 Å². The third-order valence-electron chi connectivity index (χ3n) is 3.43. The fourth-order valence-corrected chi connectivity index (χ4v) is 3.20. The van der Waals surface area contributed by atoms with E-state index in [0.717, 1.165) is 21.9 Å². The molecular formula is C13H18Br2N2. The lowest BCUT2D eigenvalue weighted by Crippen LogP contribution is -2.35. The van der Waals surface area contributed by atoms with Crippen LogP contribution >= 0.6 is 31.9 Å². The number of nitrogens with two attached hydrogens (primary N) is 1. The fourth-order valence-electron chi connectivity index (χ4n) is 2.56. The number of hydrogen-bond acceptors (Lipinski definition) is 2. The summed E-state index contributed by atoms with van der Waals surface area (Å²) in [5.74, 6) is 0. The lowest BCUT2D eigenvalue weighted by Gasteiger charge is -2.30. The van der Waals surface area contributed by atoms with E-state index in [4.69, 9.17) is 5.73 Å². The number of rotatable bonds is 2. The summed E-state index contributed by atoms with van der Waals surface area (Å²) in [4.78, 5) is 2.49. The van der Waals surface area contributed by atoms with E-state index in [1.54, 1.807) is 0 Å². The Hall–Kier alpha value is 0.1000. The van der Waals surface area contributed by atoms with Gasteiger partial charge >= 0.3 is 0 Å². The van der Waals surface area contributed by atoms with Gasteiger partial charge in [0.1, 0.15) is 0 Å². The van der Waals surface area contributed by atoms with Crippen LogP contribution < -0.4 is 5.73 Å². The van der Waals surface area contributed by atoms with E-state index in [1.807, 2.05) is 0 Å². The molecule has 0 amide bonds. The fraction of sp³-hybridized carbons (Fsp3) is 0.538. The molecule has 0 aromatic heterocycles. The maximum absolute atomic E-state index is 6.26. The Bertz CT molecular complexity index is 406. The van der Waals surface area contributed by atoms with Gasteiger partial charge in [-0.1, -0.05) is 6.07 Å². The first kappa shape index (κ1) is 13.5. The molecule has 2 unspecified atom stereocenters. The molecule has 0 aliphatic carbocycles. The van der Waals surface area contributed by atoms with Crippen molar-refractivity contribution in [1.82, 2.24) is 4.90 Å². The highest BCUT2D eigenvalue weighted by molar-refractivity contribution is 9.13. The minimum atomic E-state index is 0.241. The van der Waals surface area contributed by atoms with Crippen molar-refractivity contribution >= 4 is 31.9 Å². The van der Waals surface area contributed by atoms with E-state index in [1.165, 1.54) is 5.56 Å². The zero-order valence-electron chi connectivity index (χ0n) is 10.2. The Kier molecular flexibility index (Phi) is 4.29. The standard InChI is InChI=1S/C13H18Br2N2/c1-8(2)17-6-5-12(16)13(17)9-3-4-10(14)11(15)7-9/h3-4,7-8,12-13H,5-6,16H2,1-2H3. The minimum Gasteiger partial charge on any atom is -0.326 e. The summed E-state index contributed by atoms with van der Waals surface area (Å²) < 4.78 is 2.18. The molecule has 1 aliphatic rings. The van der Waals surface area contributed by atoms with Gasteiger partial charge in [0.25, 0.3) is 0 Å². The Morgan fingerprint density at radius 1 is 1.29 bits per heavy atom. The molecule has 0 saturated carbocycles. The molecule has 2 N–H and O–H groups in total. The molecule has 1 aliphatic heterocycles. The van der Waals surface area contributed by atoms with Gasteiger partial charge in [0.2, 0.25) is 0 Å². The van der Waals surface area contributed by atoms with Gasteiger partial charge in [0.05, 0.1) is 6.04 Å². The molecule has 0 radical (unpaired) electrons. The van der Waals surface area contributed by atoms with E-state index < -0.39 is 0 Å². The van der Waals surface area contributed by atoms with Gasteiger partial charge in [-0.3, -0.25) is 4.90 Å². The molecule has 1 saturated heterocycles. The molecule has 0 spiro atoms. The van der Waals surface area contributed by atoms with Crippen LogP contribution in [0.15, 0.2) is 27.1 Å². The van der Waals surface area contributed by atoms with Crippen LogP contribution in [0.3, 0.4) is 0 Å². The maximum atomic E-state index is 6.26. The van der Waals surface area contributed by atoms with Gasteiger partial charge < -0.3 is 5.73 Å². The highest BCUT2D eigenvalue weighted by Crippen LogP contribution is 2.35. The van der Waals surface area contributed by atoms with E-state index in [-0.39, 0.29) is 6.04 Å². The molecule has 1 aromatic rings. The van der Waals surface area contributed by atoms with Crippen LogP contribution in [0.25, 0.3) is 0 Å². The maximum Gasteiger partial charge on any atom is 0.0502 e. The zero-order valence-corrected chi connectivity index (χ0v) is 13.3. The normalized spacial score (nSPS) is 25.8. The second kappa shape index (κ2) is 5.39. The Labute approximate surface area is 120 Å². The predicted molar refractivity (Wildman–Crippen MR) is 79.0 cm³/mol. The number of likely N-dealkylation sites (tertiary alicyclic amines) is 1. The summed E-state index contributed by atoms with van der Waals surface area (Å²) >= 11 is 7.07. The largest absolute Gasteiger partial charge is 0.326 e. The Balaban J connectivity index is 2.33. The van der Waals surface area contributed by atoms with Gasteiger partial charge in [-0.05, 0) is 69.8 Å². The highest BCUT2D eigenvalue weighted by atomic mass is 79.9. The van der Waals surface area contributed by atoms with E-state index in [0.29, 0.717) is 12.1 Å². The number of halogens is 2. The first-order valence-electron chi connectivity index (χ1n) is 5.97. The monoisotopic (exact) mass is 360 g/mol. The lowest BCUT2D eigenvalue weighted by atomic mass is 10.0. The first-order valence-corrected chi connectivity index (χ1v) is 7.55. The summed E-state index contributed by atoms with van der Waals surface area (Å²) in [5, 5.41) is 0. The number of hydrogen-bond donors (Lipinski definition) is 1. The minimum absolute atomic E-state index is 0.241. The van der Waals surface area contributed by atoms with Crippen molar-refractivity contribution in [3.8, 4) is 0 Å². The van der Waals surface area contributed by atoms with Crippen molar-refractivity contribution in [2.45, 2.75) is 38.4 Å². The molecule has 4 heteroatoms. The molecule has 1 fully saturated rings. The summed E-state index contributed by atoms with van der Waals surface area (Å²) in [7, 11) is 0. The van der Waals surface area contributed by atoms with Gasteiger partial charge in [-0.15, -0.1) is 0 Å². The molecule has 94 valence electrons. The molecule has 17 heavy (non-hydrogen) atoms. The number of nitrogens with zero attached hydrogens (tertiary/aromatic N) is 1. The molecule has 1 aromatic carbocycles. The second-order valence-corrected chi connectivity index (χ2v) is 6.61. The van der Waals surface area contributed by atoms with Crippen LogP contribution in [0, 0.1) is 0 Å². The topological polar surface area (TPSA) is 29.3 Å². The van der Waals surface area contributed by atoms with Crippen molar-refractivity contribution in [1.29, 1.82) is 0 Å².